The Bertz CT molecular complexity index is 1530. The first kappa shape index (κ1) is 21.9. The Labute approximate surface area is 198 Å². The molecule has 0 aliphatic carbocycles. The van der Waals surface area contributed by atoms with Crippen LogP contribution in [-0.2, 0) is 11.3 Å². The van der Waals surface area contributed by atoms with Crippen molar-refractivity contribution in [1.82, 2.24) is 29.4 Å². The van der Waals surface area contributed by atoms with Gasteiger partial charge in [0.25, 0.3) is 0 Å². The van der Waals surface area contributed by atoms with E-state index in [-0.39, 0.29) is 11.6 Å². The summed E-state index contributed by atoms with van der Waals surface area (Å²) in [6.45, 7) is 1.45. The van der Waals surface area contributed by atoms with Crippen molar-refractivity contribution in [3.05, 3.63) is 60.9 Å². The number of halogens is 1. The van der Waals surface area contributed by atoms with Crippen LogP contribution in [0.25, 0.3) is 33.0 Å². The van der Waals surface area contributed by atoms with Crippen LogP contribution in [0, 0.1) is 5.82 Å². The van der Waals surface area contributed by atoms with Crippen molar-refractivity contribution >= 4 is 38.8 Å². The summed E-state index contributed by atoms with van der Waals surface area (Å²) in [6, 6.07) is 12.8. The summed E-state index contributed by atoms with van der Waals surface area (Å²) in [6.07, 6.45) is -1.01. The molecule has 0 radical (unpaired) electrons. The topological polar surface area (TPSA) is 136 Å². The van der Waals surface area contributed by atoms with Gasteiger partial charge in [-0.15, -0.1) is 0 Å². The van der Waals surface area contributed by atoms with E-state index in [1.165, 1.54) is 18.7 Å². The number of anilines is 1. The van der Waals surface area contributed by atoms with E-state index in [4.69, 9.17) is 10.5 Å². The minimum Gasteiger partial charge on any atom is -0.387 e. The van der Waals surface area contributed by atoms with E-state index in [0.717, 1.165) is 21.8 Å². The lowest BCUT2D eigenvalue weighted by Gasteiger charge is -2.16. The summed E-state index contributed by atoms with van der Waals surface area (Å²) in [5.74, 6) is -0.0546. The molecule has 1 aliphatic heterocycles. The number of para-hydroxylation sites is 1. The smallest absolute Gasteiger partial charge is 0.167 e. The number of imidazole rings is 1. The van der Waals surface area contributed by atoms with Crippen molar-refractivity contribution in [2.45, 2.75) is 31.1 Å². The SMILES string of the molecule is Nc1ncnc2c1ncn2C1OC(CNCCn2c3ccccc3c3ccc(F)cc32)C(O)C1O. The third-order valence-corrected chi connectivity index (χ3v) is 6.59. The van der Waals surface area contributed by atoms with Gasteiger partial charge in [-0.1, -0.05) is 18.2 Å². The first-order valence-electron chi connectivity index (χ1n) is 11.3. The molecule has 1 fully saturated rings. The number of nitrogen functional groups attached to an aromatic ring is 1. The van der Waals surface area contributed by atoms with Crippen LogP contribution in [0.15, 0.2) is 55.1 Å². The Morgan fingerprint density at radius 3 is 2.74 bits per heavy atom. The van der Waals surface area contributed by atoms with E-state index in [9.17, 15) is 14.6 Å². The third kappa shape index (κ3) is 3.60. The highest BCUT2D eigenvalue weighted by molar-refractivity contribution is 6.08. The molecule has 5 aromatic rings. The lowest BCUT2D eigenvalue weighted by atomic mass is 10.1. The fraction of sp³-hybridized carbons (Fsp3) is 0.292. The minimum atomic E-state index is -1.17. The predicted octanol–water partition coefficient (Wildman–Crippen LogP) is 1.56. The number of aromatic nitrogens is 5. The van der Waals surface area contributed by atoms with E-state index in [1.54, 1.807) is 16.7 Å². The fourth-order valence-electron chi connectivity index (χ4n) is 4.88. The summed E-state index contributed by atoms with van der Waals surface area (Å²) >= 11 is 0. The molecule has 4 heterocycles. The second-order valence-electron chi connectivity index (χ2n) is 8.66. The van der Waals surface area contributed by atoms with Gasteiger partial charge in [-0.05, 0) is 24.3 Å². The Balaban J connectivity index is 1.16. The normalized spacial score (nSPS) is 22.6. The van der Waals surface area contributed by atoms with Gasteiger partial charge in [0.15, 0.2) is 17.7 Å². The van der Waals surface area contributed by atoms with E-state index in [0.29, 0.717) is 30.8 Å². The number of aliphatic hydroxyl groups is 2. The Morgan fingerprint density at radius 1 is 1.03 bits per heavy atom. The largest absolute Gasteiger partial charge is 0.387 e. The lowest BCUT2D eigenvalue weighted by Crippen LogP contribution is -2.38. The number of hydrogen-bond donors (Lipinski definition) is 4. The highest BCUT2D eigenvalue weighted by Crippen LogP contribution is 2.32. The molecule has 35 heavy (non-hydrogen) atoms. The number of hydrogen-bond acceptors (Lipinski definition) is 8. The molecule has 0 bridgehead atoms. The van der Waals surface area contributed by atoms with Gasteiger partial charge in [0, 0.05) is 35.9 Å². The van der Waals surface area contributed by atoms with Crippen molar-refractivity contribution in [3.63, 3.8) is 0 Å². The van der Waals surface area contributed by atoms with Crippen LogP contribution in [-0.4, -0.2) is 65.7 Å². The molecule has 0 amide bonds. The van der Waals surface area contributed by atoms with Gasteiger partial charge in [0.1, 0.15) is 36.0 Å². The van der Waals surface area contributed by atoms with Gasteiger partial charge in [-0.2, -0.15) is 0 Å². The zero-order valence-electron chi connectivity index (χ0n) is 18.6. The fourth-order valence-corrected chi connectivity index (χ4v) is 4.88. The van der Waals surface area contributed by atoms with E-state index in [2.05, 4.69) is 24.8 Å². The van der Waals surface area contributed by atoms with Crippen LogP contribution in [0.1, 0.15) is 6.23 Å². The summed E-state index contributed by atoms with van der Waals surface area (Å²) in [5, 5.41) is 26.6. The molecular formula is C24H24FN7O3. The molecule has 3 aromatic heterocycles. The summed E-state index contributed by atoms with van der Waals surface area (Å²) < 4.78 is 23.6. The second-order valence-corrected chi connectivity index (χ2v) is 8.66. The average Bonchev–Trinajstić information content (AvgIpc) is 3.51. The van der Waals surface area contributed by atoms with Gasteiger partial charge >= 0.3 is 0 Å². The highest BCUT2D eigenvalue weighted by atomic mass is 19.1. The maximum absolute atomic E-state index is 14.0. The van der Waals surface area contributed by atoms with E-state index >= 15 is 0 Å². The van der Waals surface area contributed by atoms with Crippen LogP contribution in [0.3, 0.4) is 0 Å². The summed E-state index contributed by atoms with van der Waals surface area (Å²) in [5.41, 5.74) is 8.52. The zero-order chi connectivity index (χ0) is 24.1. The molecule has 6 rings (SSSR count). The van der Waals surface area contributed by atoms with Crippen molar-refractivity contribution in [2.24, 2.45) is 0 Å². The van der Waals surface area contributed by atoms with Gasteiger partial charge in [0.2, 0.25) is 0 Å². The van der Waals surface area contributed by atoms with Gasteiger partial charge in [-0.25, -0.2) is 19.3 Å². The van der Waals surface area contributed by atoms with Crippen LogP contribution >= 0.6 is 0 Å². The number of benzene rings is 2. The zero-order valence-corrected chi connectivity index (χ0v) is 18.6. The number of aliphatic hydroxyl groups excluding tert-OH is 2. The summed E-state index contributed by atoms with van der Waals surface area (Å²) in [4.78, 5) is 12.3. The third-order valence-electron chi connectivity index (χ3n) is 6.59. The molecule has 0 saturated carbocycles. The van der Waals surface area contributed by atoms with Crippen LogP contribution in [0.5, 0.6) is 0 Å². The standard InChI is InChI=1S/C24H24FN7O3/c25-13-5-6-15-14-3-1-2-4-16(14)31(17(15)9-13)8-7-27-10-18-20(33)21(34)24(35-18)32-12-30-19-22(26)28-11-29-23(19)32/h1-6,9,11-12,18,20-21,24,27,33-34H,7-8,10H2,(H2,26,28,29). The Morgan fingerprint density at radius 2 is 1.86 bits per heavy atom. The van der Waals surface area contributed by atoms with Gasteiger partial charge in [-0.3, -0.25) is 4.57 Å². The van der Waals surface area contributed by atoms with E-state index < -0.39 is 24.5 Å². The van der Waals surface area contributed by atoms with Crippen molar-refractivity contribution in [3.8, 4) is 0 Å². The number of fused-ring (bicyclic) bond motifs is 4. The number of rotatable bonds is 6. The van der Waals surface area contributed by atoms with Gasteiger partial charge < -0.3 is 30.6 Å². The second kappa shape index (κ2) is 8.54. The Hall–Kier alpha value is -3.64. The molecule has 2 aromatic carbocycles. The number of nitrogens with zero attached hydrogens (tertiary/aromatic N) is 5. The summed E-state index contributed by atoms with van der Waals surface area (Å²) in [7, 11) is 0. The maximum atomic E-state index is 14.0. The van der Waals surface area contributed by atoms with Crippen molar-refractivity contribution < 1.29 is 19.3 Å². The molecule has 10 nitrogen and oxygen atoms in total. The molecule has 180 valence electrons. The first-order chi connectivity index (χ1) is 17.0. The van der Waals surface area contributed by atoms with Crippen LogP contribution in [0.2, 0.25) is 0 Å². The average molecular weight is 478 g/mol. The minimum absolute atomic E-state index is 0.227. The number of ether oxygens (including phenoxy) is 1. The molecule has 1 saturated heterocycles. The molecule has 4 atom stereocenters. The first-order valence-corrected chi connectivity index (χ1v) is 11.3. The molecule has 5 N–H and O–H groups in total. The van der Waals surface area contributed by atoms with E-state index in [1.807, 2.05) is 24.3 Å². The highest BCUT2D eigenvalue weighted by Gasteiger charge is 2.44. The monoisotopic (exact) mass is 477 g/mol. The quantitative estimate of drug-likeness (QED) is 0.271. The Kier molecular flexibility index (Phi) is 5.33. The molecule has 1 aliphatic rings. The number of nitrogens with two attached hydrogens (primary N) is 1. The van der Waals surface area contributed by atoms with Crippen LogP contribution in [0.4, 0.5) is 10.2 Å². The molecule has 0 spiro atoms. The number of nitrogens with one attached hydrogen (secondary N) is 1. The van der Waals surface area contributed by atoms with Gasteiger partial charge in [0.05, 0.1) is 11.8 Å². The maximum Gasteiger partial charge on any atom is 0.167 e. The molecule has 11 heteroatoms. The molecule has 4 unspecified atom stereocenters. The predicted molar refractivity (Wildman–Crippen MR) is 128 cm³/mol. The molecular weight excluding hydrogens is 453 g/mol. The lowest BCUT2D eigenvalue weighted by molar-refractivity contribution is -0.0341. The van der Waals surface area contributed by atoms with Crippen LogP contribution < -0.4 is 11.1 Å². The van der Waals surface area contributed by atoms with Crippen molar-refractivity contribution in [1.29, 1.82) is 0 Å². The van der Waals surface area contributed by atoms with Crippen molar-refractivity contribution in [2.75, 3.05) is 18.8 Å².